The molecule has 0 radical (unpaired) electrons. The fourth-order valence-corrected chi connectivity index (χ4v) is 3.17. The van der Waals surface area contributed by atoms with Crippen LogP contribution in [0.15, 0.2) is 24.3 Å². The molecule has 6 heteroatoms. The fourth-order valence-electron chi connectivity index (χ4n) is 3.17. The van der Waals surface area contributed by atoms with Gasteiger partial charge in [0.25, 0.3) is 0 Å². The van der Waals surface area contributed by atoms with Crippen LogP contribution in [0.5, 0.6) is 0 Å². The maximum Gasteiger partial charge on any atom is 0.227 e. The molecular weight excluding hydrogens is 299 g/mol. The molecule has 0 unspecified atom stereocenters. The lowest BCUT2D eigenvalue weighted by atomic mass is 9.86. The molecule has 0 atom stereocenters. The predicted molar refractivity (Wildman–Crippen MR) is 83.5 cm³/mol. The summed E-state index contributed by atoms with van der Waals surface area (Å²) >= 11 is 0. The van der Waals surface area contributed by atoms with E-state index in [2.05, 4.69) is 4.90 Å². The van der Waals surface area contributed by atoms with Crippen LogP contribution in [0, 0.1) is 11.2 Å². The monoisotopic (exact) mass is 322 g/mol. The van der Waals surface area contributed by atoms with Gasteiger partial charge in [0.1, 0.15) is 5.82 Å². The summed E-state index contributed by atoms with van der Waals surface area (Å²) in [5.41, 5.74) is 0.324. The third-order valence-corrected chi connectivity index (χ3v) is 4.74. The van der Waals surface area contributed by atoms with Gasteiger partial charge in [-0.05, 0) is 11.6 Å². The van der Waals surface area contributed by atoms with Crippen LogP contribution in [0.25, 0.3) is 0 Å². The topological polar surface area (TPSA) is 53.0 Å². The van der Waals surface area contributed by atoms with E-state index in [0.29, 0.717) is 31.9 Å². The molecule has 2 saturated heterocycles. The highest BCUT2D eigenvalue weighted by Gasteiger charge is 2.40. The number of benzene rings is 1. The first kappa shape index (κ1) is 16.4. The summed E-state index contributed by atoms with van der Waals surface area (Å²) in [5, 5.41) is 9.49. The average molecular weight is 322 g/mol. The number of ether oxygens (including phenoxy) is 1. The molecule has 2 aliphatic heterocycles. The van der Waals surface area contributed by atoms with Crippen LogP contribution >= 0.6 is 0 Å². The minimum Gasteiger partial charge on any atom is -0.396 e. The first-order valence-electron chi connectivity index (χ1n) is 8.04. The Morgan fingerprint density at radius 2 is 1.91 bits per heavy atom. The van der Waals surface area contributed by atoms with Gasteiger partial charge in [0.15, 0.2) is 0 Å². The Hall–Kier alpha value is -1.50. The van der Waals surface area contributed by atoms with Gasteiger partial charge in [-0.15, -0.1) is 0 Å². The summed E-state index contributed by atoms with van der Waals surface area (Å²) in [7, 11) is 0. The molecule has 1 amide bonds. The molecule has 1 aromatic carbocycles. The fraction of sp³-hybridized carbons (Fsp3) is 0.588. The zero-order chi connectivity index (χ0) is 16.3. The van der Waals surface area contributed by atoms with Crippen LogP contribution < -0.4 is 0 Å². The zero-order valence-electron chi connectivity index (χ0n) is 13.2. The maximum atomic E-state index is 13.6. The summed E-state index contributed by atoms with van der Waals surface area (Å²) in [4.78, 5) is 16.4. The second-order valence-electron chi connectivity index (χ2n) is 6.58. The van der Waals surface area contributed by atoms with Crippen molar-refractivity contribution >= 4 is 5.91 Å². The Morgan fingerprint density at radius 3 is 2.48 bits per heavy atom. The minimum absolute atomic E-state index is 0.0291. The second kappa shape index (κ2) is 6.95. The number of halogens is 1. The van der Waals surface area contributed by atoms with Crippen molar-refractivity contribution in [3.63, 3.8) is 0 Å². The van der Waals surface area contributed by atoms with Crippen molar-refractivity contribution < 1.29 is 19.0 Å². The molecule has 2 fully saturated rings. The SMILES string of the molecule is O=C(Cc1ccccc1F)N1CCN(CC2(CO)COC2)CC1. The first-order chi connectivity index (χ1) is 11.1. The van der Waals surface area contributed by atoms with E-state index in [-0.39, 0.29) is 30.2 Å². The number of aliphatic hydroxyl groups is 1. The number of aliphatic hydroxyl groups excluding tert-OH is 1. The molecule has 23 heavy (non-hydrogen) atoms. The van der Waals surface area contributed by atoms with Gasteiger partial charge in [0, 0.05) is 32.7 Å². The van der Waals surface area contributed by atoms with Crippen LogP contribution in [0.1, 0.15) is 5.56 Å². The quantitative estimate of drug-likeness (QED) is 0.859. The number of carbonyl (C=O) groups excluding carboxylic acids is 1. The van der Waals surface area contributed by atoms with Gasteiger partial charge >= 0.3 is 0 Å². The Bertz CT molecular complexity index is 549. The van der Waals surface area contributed by atoms with Gasteiger partial charge < -0.3 is 14.7 Å². The van der Waals surface area contributed by atoms with Gasteiger partial charge in [0.05, 0.1) is 31.7 Å². The van der Waals surface area contributed by atoms with E-state index in [1.165, 1.54) is 6.07 Å². The van der Waals surface area contributed by atoms with Crippen molar-refractivity contribution in [2.24, 2.45) is 5.41 Å². The number of nitrogens with zero attached hydrogens (tertiary/aromatic N) is 2. The largest absolute Gasteiger partial charge is 0.396 e. The number of hydrogen-bond acceptors (Lipinski definition) is 4. The molecule has 126 valence electrons. The molecule has 0 aliphatic carbocycles. The highest BCUT2D eigenvalue weighted by Crippen LogP contribution is 2.28. The van der Waals surface area contributed by atoms with Gasteiger partial charge in [0.2, 0.25) is 5.91 Å². The van der Waals surface area contributed by atoms with Crippen molar-refractivity contribution in [1.29, 1.82) is 0 Å². The first-order valence-corrected chi connectivity index (χ1v) is 8.04. The molecular formula is C17H23FN2O3. The summed E-state index contributed by atoms with van der Waals surface area (Å²) < 4.78 is 18.9. The minimum atomic E-state index is -0.325. The number of carbonyl (C=O) groups is 1. The normalized spacial score (nSPS) is 21.0. The Morgan fingerprint density at radius 1 is 1.22 bits per heavy atom. The molecule has 0 bridgehead atoms. The predicted octanol–water partition coefficient (Wildman–Crippen LogP) is 0.521. The number of piperazine rings is 1. The standard InChI is InChI=1S/C17H23FN2O3/c18-15-4-2-1-3-14(15)9-16(22)20-7-5-19(6-8-20)10-17(11-21)12-23-13-17/h1-4,21H,5-13H2. The lowest BCUT2D eigenvalue weighted by molar-refractivity contribution is -0.152. The second-order valence-corrected chi connectivity index (χ2v) is 6.58. The molecule has 1 aromatic rings. The van der Waals surface area contributed by atoms with Crippen LogP contribution in [0.2, 0.25) is 0 Å². The molecule has 0 spiro atoms. The molecule has 2 heterocycles. The van der Waals surface area contributed by atoms with E-state index in [1.54, 1.807) is 23.1 Å². The van der Waals surface area contributed by atoms with Crippen molar-refractivity contribution in [2.75, 3.05) is 52.5 Å². The van der Waals surface area contributed by atoms with E-state index in [4.69, 9.17) is 4.74 Å². The van der Waals surface area contributed by atoms with Gasteiger partial charge in [-0.3, -0.25) is 9.69 Å². The number of rotatable bonds is 5. The Labute approximate surface area is 135 Å². The van der Waals surface area contributed by atoms with Crippen LogP contribution in [0.3, 0.4) is 0 Å². The molecule has 2 aliphatic rings. The van der Waals surface area contributed by atoms with E-state index >= 15 is 0 Å². The van der Waals surface area contributed by atoms with E-state index in [1.807, 2.05) is 0 Å². The lowest BCUT2D eigenvalue weighted by Gasteiger charge is -2.45. The molecule has 1 N–H and O–H groups in total. The van der Waals surface area contributed by atoms with Gasteiger partial charge in [-0.25, -0.2) is 4.39 Å². The molecule has 3 rings (SSSR count). The van der Waals surface area contributed by atoms with Crippen molar-refractivity contribution in [1.82, 2.24) is 9.80 Å². The van der Waals surface area contributed by atoms with Crippen LogP contribution in [-0.4, -0.2) is 73.4 Å². The summed E-state index contributed by atoms with van der Waals surface area (Å²) in [6.07, 6.45) is 0.112. The lowest BCUT2D eigenvalue weighted by Crippen LogP contribution is -2.57. The zero-order valence-corrected chi connectivity index (χ0v) is 13.2. The molecule has 0 aromatic heterocycles. The maximum absolute atomic E-state index is 13.6. The summed E-state index contributed by atoms with van der Waals surface area (Å²) in [5.74, 6) is -0.354. The number of amides is 1. The van der Waals surface area contributed by atoms with Crippen molar-refractivity contribution in [3.8, 4) is 0 Å². The molecule has 0 saturated carbocycles. The number of hydrogen-bond donors (Lipinski definition) is 1. The van der Waals surface area contributed by atoms with Gasteiger partial charge in [-0.1, -0.05) is 18.2 Å². The summed E-state index contributed by atoms with van der Waals surface area (Å²) in [6, 6.07) is 6.42. The van der Waals surface area contributed by atoms with Gasteiger partial charge in [-0.2, -0.15) is 0 Å². The van der Waals surface area contributed by atoms with Crippen LogP contribution in [-0.2, 0) is 16.0 Å². The average Bonchev–Trinajstić information content (AvgIpc) is 2.53. The van der Waals surface area contributed by atoms with E-state index in [0.717, 1.165) is 19.6 Å². The Kier molecular flexibility index (Phi) is 4.94. The third kappa shape index (κ3) is 3.71. The highest BCUT2D eigenvalue weighted by molar-refractivity contribution is 5.79. The van der Waals surface area contributed by atoms with E-state index < -0.39 is 0 Å². The van der Waals surface area contributed by atoms with Crippen molar-refractivity contribution in [3.05, 3.63) is 35.6 Å². The van der Waals surface area contributed by atoms with Crippen LogP contribution in [0.4, 0.5) is 4.39 Å². The molecule has 5 nitrogen and oxygen atoms in total. The third-order valence-electron chi connectivity index (χ3n) is 4.74. The Balaban J connectivity index is 1.49. The summed E-state index contributed by atoms with van der Waals surface area (Å²) in [6.45, 7) is 5.02. The van der Waals surface area contributed by atoms with Crippen molar-refractivity contribution in [2.45, 2.75) is 6.42 Å². The highest BCUT2D eigenvalue weighted by atomic mass is 19.1. The smallest absolute Gasteiger partial charge is 0.227 e. The van der Waals surface area contributed by atoms with E-state index in [9.17, 15) is 14.3 Å².